The molecule has 0 aliphatic rings. The van der Waals surface area contributed by atoms with Gasteiger partial charge in [-0.25, -0.2) is 4.39 Å². The summed E-state index contributed by atoms with van der Waals surface area (Å²) >= 11 is 1.11. The van der Waals surface area contributed by atoms with Gasteiger partial charge in [-0.3, -0.25) is 4.79 Å². The summed E-state index contributed by atoms with van der Waals surface area (Å²) in [5.41, 5.74) is 1.68. The predicted molar refractivity (Wildman–Crippen MR) is 96.8 cm³/mol. The van der Waals surface area contributed by atoms with Crippen molar-refractivity contribution in [3.05, 3.63) is 53.8 Å². The van der Waals surface area contributed by atoms with Gasteiger partial charge in [0.05, 0.1) is 12.9 Å². The Balaban J connectivity index is 1.56. The van der Waals surface area contributed by atoms with Crippen molar-refractivity contribution < 1.29 is 18.3 Å². The molecule has 1 aromatic heterocycles. The molecule has 0 atom stereocenters. The van der Waals surface area contributed by atoms with Crippen LogP contribution in [0.15, 0.2) is 52.1 Å². The van der Waals surface area contributed by atoms with Crippen LogP contribution in [0.4, 0.5) is 10.1 Å². The molecule has 3 aromatic rings. The number of aromatic nitrogens is 2. The van der Waals surface area contributed by atoms with Crippen LogP contribution < -0.4 is 10.1 Å². The molecule has 2 aromatic carbocycles. The van der Waals surface area contributed by atoms with Crippen molar-refractivity contribution in [1.82, 2.24) is 10.2 Å². The van der Waals surface area contributed by atoms with Crippen molar-refractivity contribution in [2.75, 3.05) is 18.2 Å². The number of methoxy groups -OCH3 is 1. The van der Waals surface area contributed by atoms with Crippen molar-refractivity contribution in [2.45, 2.75) is 12.1 Å². The molecule has 0 saturated heterocycles. The predicted octanol–water partition coefficient (Wildman–Crippen LogP) is 3.92. The van der Waals surface area contributed by atoms with E-state index in [2.05, 4.69) is 15.5 Å². The van der Waals surface area contributed by atoms with Gasteiger partial charge in [-0.05, 0) is 48.9 Å². The summed E-state index contributed by atoms with van der Waals surface area (Å²) in [6.45, 7) is 1.66. The number of ether oxygens (including phenoxy) is 1. The van der Waals surface area contributed by atoms with Crippen molar-refractivity contribution in [3.63, 3.8) is 0 Å². The average molecular weight is 373 g/mol. The monoisotopic (exact) mass is 373 g/mol. The Bertz CT molecular complexity index is 912. The lowest BCUT2D eigenvalue weighted by molar-refractivity contribution is -0.113. The van der Waals surface area contributed by atoms with Gasteiger partial charge in [0.2, 0.25) is 11.8 Å². The van der Waals surface area contributed by atoms with E-state index in [0.29, 0.717) is 17.1 Å². The summed E-state index contributed by atoms with van der Waals surface area (Å²) in [6, 6.07) is 11.7. The first-order valence-corrected chi connectivity index (χ1v) is 8.70. The topological polar surface area (TPSA) is 77.2 Å². The zero-order valence-corrected chi connectivity index (χ0v) is 15.0. The van der Waals surface area contributed by atoms with Gasteiger partial charge in [-0.2, -0.15) is 0 Å². The maximum absolute atomic E-state index is 13.5. The highest BCUT2D eigenvalue weighted by molar-refractivity contribution is 7.99. The summed E-state index contributed by atoms with van der Waals surface area (Å²) in [5, 5.41) is 10.8. The van der Waals surface area contributed by atoms with Crippen molar-refractivity contribution in [1.29, 1.82) is 0 Å². The maximum atomic E-state index is 13.5. The van der Waals surface area contributed by atoms with Crippen LogP contribution in [0.1, 0.15) is 5.56 Å². The maximum Gasteiger partial charge on any atom is 0.277 e. The van der Waals surface area contributed by atoms with E-state index in [9.17, 15) is 9.18 Å². The molecule has 0 aliphatic heterocycles. The van der Waals surface area contributed by atoms with Gasteiger partial charge in [0.1, 0.15) is 11.6 Å². The van der Waals surface area contributed by atoms with E-state index in [-0.39, 0.29) is 22.7 Å². The Morgan fingerprint density at radius 1 is 1.23 bits per heavy atom. The number of benzene rings is 2. The number of thioether (sulfide) groups is 1. The standard InChI is InChI=1S/C18H16FN3O3S/c1-11-3-6-13(9-15(11)19)20-16(23)10-26-18-22-21-17(25-18)12-4-7-14(24-2)8-5-12/h3-9H,10H2,1-2H3,(H,20,23). The molecule has 0 radical (unpaired) electrons. The molecule has 0 bridgehead atoms. The molecule has 0 spiro atoms. The fraction of sp³-hybridized carbons (Fsp3) is 0.167. The van der Waals surface area contributed by atoms with E-state index < -0.39 is 0 Å². The smallest absolute Gasteiger partial charge is 0.277 e. The van der Waals surface area contributed by atoms with Gasteiger partial charge in [0, 0.05) is 11.3 Å². The summed E-state index contributed by atoms with van der Waals surface area (Å²) in [4.78, 5) is 12.0. The van der Waals surface area contributed by atoms with Crippen molar-refractivity contribution in [2.24, 2.45) is 0 Å². The molecular weight excluding hydrogens is 357 g/mol. The molecular formula is C18H16FN3O3S. The SMILES string of the molecule is COc1ccc(-c2nnc(SCC(=O)Nc3ccc(C)c(F)c3)o2)cc1. The Morgan fingerprint density at radius 2 is 2.00 bits per heavy atom. The van der Waals surface area contributed by atoms with E-state index in [0.717, 1.165) is 23.1 Å². The lowest BCUT2D eigenvalue weighted by Crippen LogP contribution is -2.14. The molecule has 1 amide bonds. The molecule has 0 unspecified atom stereocenters. The number of amides is 1. The van der Waals surface area contributed by atoms with Crippen LogP contribution in [0.5, 0.6) is 5.75 Å². The highest BCUT2D eigenvalue weighted by Crippen LogP contribution is 2.25. The quantitative estimate of drug-likeness (QED) is 0.660. The van der Waals surface area contributed by atoms with Crippen LogP contribution in [0.25, 0.3) is 11.5 Å². The number of hydrogen-bond donors (Lipinski definition) is 1. The summed E-state index contributed by atoms with van der Waals surface area (Å²) < 4.78 is 24.1. The largest absolute Gasteiger partial charge is 0.497 e. The molecule has 0 fully saturated rings. The number of halogens is 1. The molecule has 1 heterocycles. The number of rotatable bonds is 6. The minimum absolute atomic E-state index is 0.0692. The third-order valence-corrected chi connectivity index (χ3v) is 4.34. The number of carbonyl (C=O) groups excluding carboxylic acids is 1. The summed E-state index contributed by atoms with van der Waals surface area (Å²) in [6.07, 6.45) is 0. The molecule has 0 aliphatic carbocycles. The lowest BCUT2D eigenvalue weighted by atomic mass is 10.2. The first-order chi connectivity index (χ1) is 12.5. The minimum atomic E-state index is -0.364. The number of nitrogens with one attached hydrogen (secondary N) is 1. The van der Waals surface area contributed by atoms with Crippen LogP contribution in [0, 0.1) is 12.7 Å². The Labute approximate surface area is 153 Å². The van der Waals surface area contributed by atoms with Gasteiger partial charge < -0.3 is 14.5 Å². The summed E-state index contributed by atoms with van der Waals surface area (Å²) in [5.74, 6) is 0.502. The van der Waals surface area contributed by atoms with Crippen LogP contribution in [-0.4, -0.2) is 29.0 Å². The summed E-state index contributed by atoms with van der Waals surface area (Å²) in [7, 11) is 1.59. The molecule has 1 N–H and O–H groups in total. The number of carbonyl (C=O) groups is 1. The van der Waals surface area contributed by atoms with Gasteiger partial charge in [-0.1, -0.05) is 17.8 Å². The van der Waals surface area contributed by atoms with Crippen molar-refractivity contribution in [3.8, 4) is 17.2 Å². The molecule has 6 nitrogen and oxygen atoms in total. The number of anilines is 1. The van der Waals surface area contributed by atoms with E-state index in [1.807, 2.05) is 0 Å². The number of aryl methyl sites for hydroxylation is 1. The van der Waals surface area contributed by atoms with Gasteiger partial charge in [0.15, 0.2) is 0 Å². The van der Waals surface area contributed by atoms with Crippen LogP contribution in [0.2, 0.25) is 0 Å². The third-order valence-electron chi connectivity index (χ3n) is 3.53. The lowest BCUT2D eigenvalue weighted by Gasteiger charge is -2.05. The molecule has 3 rings (SSSR count). The average Bonchev–Trinajstić information content (AvgIpc) is 3.12. The van der Waals surface area contributed by atoms with E-state index in [4.69, 9.17) is 9.15 Å². The van der Waals surface area contributed by atoms with Crippen molar-refractivity contribution >= 4 is 23.4 Å². The fourth-order valence-electron chi connectivity index (χ4n) is 2.11. The minimum Gasteiger partial charge on any atom is -0.497 e. The van der Waals surface area contributed by atoms with Crippen LogP contribution in [0.3, 0.4) is 0 Å². The van der Waals surface area contributed by atoms with E-state index in [1.54, 1.807) is 50.4 Å². The number of nitrogens with zero attached hydrogens (tertiary/aromatic N) is 2. The first-order valence-electron chi connectivity index (χ1n) is 7.72. The zero-order chi connectivity index (χ0) is 18.5. The highest BCUT2D eigenvalue weighted by Gasteiger charge is 2.12. The van der Waals surface area contributed by atoms with E-state index >= 15 is 0 Å². The van der Waals surface area contributed by atoms with Gasteiger partial charge in [-0.15, -0.1) is 10.2 Å². The highest BCUT2D eigenvalue weighted by atomic mass is 32.2. The Morgan fingerprint density at radius 3 is 2.69 bits per heavy atom. The van der Waals surface area contributed by atoms with Gasteiger partial charge in [0.25, 0.3) is 5.22 Å². The second-order valence-corrected chi connectivity index (χ2v) is 6.33. The molecule has 0 saturated carbocycles. The van der Waals surface area contributed by atoms with E-state index in [1.165, 1.54) is 6.07 Å². The Hall–Kier alpha value is -2.87. The van der Waals surface area contributed by atoms with Crippen LogP contribution >= 0.6 is 11.8 Å². The second-order valence-electron chi connectivity index (χ2n) is 5.40. The number of hydrogen-bond acceptors (Lipinski definition) is 6. The van der Waals surface area contributed by atoms with Crippen LogP contribution in [-0.2, 0) is 4.79 Å². The third kappa shape index (κ3) is 4.40. The second kappa shape index (κ2) is 8.01. The molecule has 134 valence electrons. The molecule has 26 heavy (non-hydrogen) atoms. The van der Waals surface area contributed by atoms with Gasteiger partial charge >= 0.3 is 0 Å². The fourth-order valence-corrected chi connectivity index (χ4v) is 2.68. The Kier molecular flexibility index (Phi) is 5.52. The first kappa shape index (κ1) is 17.9. The zero-order valence-electron chi connectivity index (χ0n) is 14.2. The normalized spacial score (nSPS) is 10.6. The molecule has 8 heteroatoms.